The molecule has 1 aromatic carbocycles. The second kappa shape index (κ2) is 11.3. The fraction of sp³-hybridized carbons (Fsp3) is 0.286. The van der Waals surface area contributed by atoms with Gasteiger partial charge in [-0.25, -0.2) is 13.1 Å². The SMILES string of the molecule is CCOc1ccc(S(=O)(=O)NCCNc2ccc(Nc3cccnc3)nn2)c(OCC)c1. The lowest BCUT2D eigenvalue weighted by Crippen LogP contribution is -2.29. The number of benzene rings is 1. The summed E-state index contributed by atoms with van der Waals surface area (Å²) in [5, 5.41) is 14.3. The summed E-state index contributed by atoms with van der Waals surface area (Å²) in [7, 11) is -3.76. The maximum Gasteiger partial charge on any atom is 0.244 e. The topological polar surface area (TPSA) is 127 Å². The summed E-state index contributed by atoms with van der Waals surface area (Å²) in [6, 6.07) is 11.9. The lowest BCUT2D eigenvalue weighted by molar-refractivity contribution is 0.317. The molecule has 11 heteroatoms. The third kappa shape index (κ3) is 6.53. The zero-order chi connectivity index (χ0) is 22.8. The molecule has 0 bridgehead atoms. The fourth-order valence-electron chi connectivity index (χ4n) is 2.77. The molecule has 3 aromatic rings. The number of pyridine rings is 1. The van der Waals surface area contributed by atoms with Crippen molar-refractivity contribution in [2.45, 2.75) is 18.7 Å². The molecule has 0 saturated carbocycles. The summed E-state index contributed by atoms with van der Waals surface area (Å²) in [5.74, 6) is 1.90. The average molecular weight is 459 g/mol. The molecule has 10 nitrogen and oxygen atoms in total. The molecule has 2 aromatic heterocycles. The van der Waals surface area contributed by atoms with E-state index in [2.05, 4.69) is 30.5 Å². The van der Waals surface area contributed by atoms with Crippen LogP contribution in [0.2, 0.25) is 0 Å². The van der Waals surface area contributed by atoms with Gasteiger partial charge < -0.3 is 20.1 Å². The average Bonchev–Trinajstić information content (AvgIpc) is 2.79. The Hall–Kier alpha value is -3.44. The number of hydrogen-bond acceptors (Lipinski definition) is 9. The van der Waals surface area contributed by atoms with Gasteiger partial charge in [-0.15, -0.1) is 10.2 Å². The van der Waals surface area contributed by atoms with Crippen molar-refractivity contribution >= 4 is 27.3 Å². The van der Waals surface area contributed by atoms with Crippen molar-refractivity contribution < 1.29 is 17.9 Å². The number of anilines is 3. The minimum Gasteiger partial charge on any atom is -0.494 e. The molecule has 2 heterocycles. The first-order valence-corrected chi connectivity index (χ1v) is 11.6. The highest BCUT2D eigenvalue weighted by Crippen LogP contribution is 2.28. The lowest BCUT2D eigenvalue weighted by atomic mass is 10.3. The van der Waals surface area contributed by atoms with Gasteiger partial charge in [-0.3, -0.25) is 4.98 Å². The zero-order valence-electron chi connectivity index (χ0n) is 17.9. The first-order chi connectivity index (χ1) is 15.5. The zero-order valence-corrected chi connectivity index (χ0v) is 18.7. The largest absolute Gasteiger partial charge is 0.494 e. The molecule has 0 saturated heterocycles. The van der Waals surface area contributed by atoms with Gasteiger partial charge in [0, 0.05) is 25.4 Å². The number of nitrogens with one attached hydrogen (secondary N) is 3. The molecule has 0 amide bonds. The van der Waals surface area contributed by atoms with Crippen LogP contribution in [0.3, 0.4) is 0 Å². The van der Waals surface area contributed by atoms with Crippen molar-refractivity contribution in [1.29, 1.82) is 0 Å². The van der Waals surface area contributed by atoms with Crippen LogP contribution in [0.4, 0.5) is 17.3 Å². The summed E-state index contributed by atoms with van der Waals surface area (Å²) in [4.78, 5) is 4.09. The minimum atomic E-state index is -3.76. The molecule has 0 aliphatic heterocycles. The van der Waals surface area contributed by atoms with E-state index in [0.29, 0.717) is 37.1 Å². The highest BCUT2D eigenvalue weighted by Gasteiger charge is 2.20. The third-order valence-electron chi connectivity index (χ3n) is 4.14. The molecular weight excluding hydrogens is 432 g/mol. The normalized spacial score (nSPS) is 11.1. The van der Waals surface area contributed by atoms with Crippen LogP contribution in [0.1, 0.15) is 13.8 Å². The predicted octanol–water partition coefficient (Wildman–Crippen LogP) is 2.80. The first-order valence-electron chi connectivity index (χ1n) is 10.2. The molecule has 0 aliphatic rings. The van der Waals surface area contributed by atoms with Gasteiger partial charge >= 0.3 is 0 Å². The van der Waals surface area contributed by atoms with Gasteiger partial charge in [0.15, 0.2) is 5.82 Å². The molecule has 0 spiro atoms. The summed E-state index contributed by atoms with van der Waals surface area (Å²) < 4.78 is 38.9. The Kier molecular flexibility index (Phi) is 8.17. The van der Waals surface area contributed by atoms with E-state index >= 15 is 0 Å². The second-order valence-corrected chi connectivity index (χ2v) is 8.21. The Balaban J connectivity index is 1.53. The van der Waals surface area contributed by atoms with E-state index in [4.69, 9.17) is 9.47 Å². The molecule has 0 aliphatic carbocycles. The van der Waals surface area contributed by atoms with Crippen molar-refractivity contribution in [2.75, 3.05) is 36.9 Å². The summed E-state index contributed by atoms with van der Waals surface area (Å²) in [6.07, 6.45) is 3.37. The maximum atomic E-state index is 12.7. The number of rotatable bonds is 12. The van der Waals surface area contributed by atoms with Crippen molar-refractivity contribution in [3.05, 3.63) is 54.9 Å². The monoisotopic (exact) mass is 458 g/mol. The van der Waals surface area contributed by atoms with Crippen molar-refractivity contribution in [1.82, 2.24) is 19.9 Å². The Morgan fingerprint density at radius 3 is 2.41 bits per heavy atom. The molecule has 0 radical (unpaired) electrons. The van der Waals surface area contributed by atoms with Crippen LogP contribution in [-0.2, 0) is 10.0 Å². The van der Waals surface area contributed by atoms with E-state index in [1.165, 1.54) is 6.07 Å². The summed E-state index contributed by atoms with van der Waals surface area (Å²) >= 11 is 0. The molecule has 170 valence electrons. The summed E-state index contributed by atoms with van der Waals surface area (Å²) in [5.41, 5.74) is 0.803. The number of hydrogen-bond donors (Lipinski definition) is 3. The molecule has 32 heavy (non-hydrogen) atoms. The van der Waals surface area contributed by atoms with Gasteiger partial charge in [-0.2, -0.15) is 0 Å². The van der Waals surface area contributed by atoms with E-state index in [-0.39, 0.29) is 17.2 Å². The van der Waals surface area contributed by atoms with Crippen LogP contribution in [0.5, 0.6) is 11.5 Å². The predicted molar refractivity (Wildman–Crippen MR) is 122 cm³/mol. The second-order valence-electron chi connectivity index (χ2n) is 6.47. The highest BCUT2D eigenvalue weighted by atomic mass is 32.2. The van der Waals surface area contributed by atoms with E-state index in [1.54, 1.807) is 43.6 Å². The Morgan fingerprint density at radius 1 is 0.938 bits per heavy atom. The van der Waals surface area contributed by atoms with E-state index in [1.807, 2.05) is 19.1 Å². The quantitative estimate of drug-likeness (QED) is 0.351. The number of nitrogens with zero attached hydrogens (tertiary/aromatic N) is 3. The number of aromatic nitrogens is 3. The van der Waals surface area contributed by atoms with Crippen LogP contribution in [-0.4, -0.2) is 49.9 Å². The van der Waals surface area contributed by atoms with Gasteiger partial charge in [-0.1, -0.05) is 0 Å². The smallest absolute Gasteiger partial charge is 0.244 e. The van der Waals surface area contributed by atoms with Crippen LogP contribution in [0.25, 0.3) is 0 Å². The van der Waals surface area contributed by atoms with E-state index in [9.17, 15) is 8.42 Å². The van der Waals surface area contributed by atoms with Crippen LogP contribution < -0.4 is 24.8 Å². The lowest BCUT2D eigenvalue weighted by Gasteiger charge is -2.14. The Morgan fingerprint density at radius 2 is 1.72 bits per heavy atom. The number of ether oxygens (including phenoxy) is 2. The van der Waals surface area contributed by atoms with Gasteiger partial charge in [0.2, 0.25) is 10.0 Å². The molecule has 0 fully saturated rings. The third-order valence-corrected chi connectivity index (χ3v) is 5.64. The van der Waals surface area contributed by atoms with Crippen LogP contribution in [0, 0.1) is 0 Å². The Bertz CT molecular complexity index is 1100. The molecular formula is C21H26N6O4S. The highest BCUT2D eigenvalue weighted by molar-refractivity contribution is 7.89. The Labute approximate surface area is 187 Å². The fourth-order valence-corrected chi connectivity index (χ4v) is 3.92. The summed E-state index contributed by atoms with van der Waals surface area (Å²) in [6.45, 7) is 4.94. The molecule has 0 atom stereocenters. The van der Waals surface area contributed by atoms with Gasteiger partial charge in [0.05, 0.1) is 25.1 Å². The van der Waals surface area contributed by atoms with Crippen molar-refractivity contribution in [2.24, 2.45) is 0 Å². The minimum absolute atomic E-state index is 0.0634. The maximum absolute atomic E-state index is 12.7. The standard InChI is InChI=1S/C21H26N6O4S/c1-3-30-17-7-8-19(18(14-17)31-4-2)32(28,29)24-13-12-23-20-9-10-21(27-26-20)25-16-6-5-11-22-15-16/h5-11,14-15,24H,3-4,12-13H2,1-2H3,(H,23,26)(H,25,27). The van der Waals surface area contributed by atoms with Crippen LogP contribution >= 0.6 is 0 Å². The molecule has 3 N–H and O–H groups in total. The first kappa shape index (κ1) is 23.2. The van der Waals surface area contributed by atoms with E-state index in [0.717, 1.165) is 5.69 Å². The number of sulfonamides is 1. The molecule has 3 rings (SSSR count). The van der Waals surface area contributed by atoms with Gasteiger partial charge in [0.25, 0.3) is 0 Å². The van der Waals surface area contributed by atoms with Crippen LogP contribution in [0.15, 0.2) is 59.8 Å². The van der Waals surface area contributed by atoms with Crippen molar-refractivity contribution in [3.8, 4) is 11.5 Å². The van der Waals surface area contributed by atoms with Crippen molar-refractivity contribution in [3.63, 3.8) is 0 Å². The van der Waals surface area contributed by atoms with Gasteiger partial charge in [-0.05, 0) is 50.2 Å². The van der Waals surface area contributed by atoms with Gasteiger partial charge in [0.1, 0.15) is 22.2 Å². The van der Waals surface area contributed by atoms with E-state index < -0.39 is 10.0 Å². The molecule has 0 unspecified atom stereocenters.